The van der Waals surface area contributed by atoms with Crippen molar-refractivity contribution in [3.05, 3.63) is 131 Å². The summed E-state index contributed by atoms with van der Waals surface area (Å²) in [4.78, 5) is 12.9. The first-order valence-corrected chi connectivity index (χ1v) is 13.5. The minimum atomic E-state index is -0.525. The van der Waals surface area contributed by atoms with Crippen LogP contribution < -0.4 is 24.7 Å². The lowest BCUT2D eigenvalue weighted by atomic mass is 9.83. The number of benzene rings is 4. The van der Waals surface area contributed by atoms with E-state index in [2.05, 4.69) is 13.0 Å². The Morgan fingerprint density at radius 3 is 2.46 bits per heavy atom. The Morgan fingerprint density at radius 1 is 0.902 bits per heavy atom. The summed E-state index contributed by atoms with van der Waals surface area (Å²) in [5, 5.41) is 9.95. The number of nitrogens with two attached hydrogens (primary N) is 1. The number of nitriles is 1. The SMILES string of the molecule is CCCCOc1cccc(C(=O)Oc2ccc3c(c2)OC(N)=C(C#N)C3c2cccc(OCc3ccccc3)c2)c1. The Morgan fingerprint density at radius 2 is 1.68 bits per heavy atom. The van der Waals surface area contributed by atoms with Crippen LogP contribution in [0.5, 0.6) is 23.0 Å². The summed E-state index contributed by atoms with van der Waals surface area (Å²) in [7, 11) is 0. The molecule has 0 radical (unpaired) electrons. The van der Waals surface area contributed by atoms with Crippen molar-refractivity contribution in [1.29, 1.82) is 5.26 Å². The number of carbonyl (C=O) groups excluding carboxylic acids is 1. The molecule has 0 spiro atoms. The Labute approximate surface area is 239 Å². The van der Waals surface area contributed by atoms with Gasteiger partial charge in [-0.05, 0) is 53.9 Å². The second-order valence-corrected chi connectivity index (χ2v) is 9.59. The summed E-state index contributed by atoms with van der Waals surface area (Å²) in [6.45, 7) is 3.09. The van der Waals surface area contributed by atoms with Crippen molar-refractivity contribution in [3.63, 3.8) is 0 Å². The van der Waals surface area contributed by atoms with Gasteiger partial charge in [-0.3, -0.25) is 0 Å². The molecule has 0 fully saturated rings. The van der Waals surface area contributed by atoms with Crippen molar-refractivity contribution in [2.75, 3.05) is 6.61 Å². The first kappa shape index (κ1) is 27.4. The average Bonchev–Trinajstić information content (AvgIpc) is 3.00. The van der Waals surface area contributed by atoms with Gasteiger partial charge in [-0.25, -0.2) is 4.79 Å². The maximum absolute atomic E-state index is 12.9. The fraction of sp³-hybridized carbons (Fsp3) is 0.176. The molecule has 0 aliphatic carbocycles. The van der Waals surface area contributed by atoms with Gasteiger partial charge in [0, 0.05) is 11.6 Å². The number of nitrogens with zero attached hydrogens (tertiary/aromatic N) is 1. The normalized spacial score (nSPS) is 13.9. The van der Waals surface area contributed by atoms with Crippen molar-refractivity contribution in [2.45, 2.75) is 32.3 Å². The molecule has 1 unspecified atom stereocenters. The van der Waals surface area contributed by atoms with Crippen molar-refractivity contribution in [2.24, 2.45) is 5.73 Å². The van der Waals surface area contributed by atoms with Gasteiger partial charge in [0.2, 0.25) is 5.88 Å². The standard InChI is InChI=1S/C34H30N2O5/c1-2-3-17-38-26-13-8-12-25(19-26)34(37)40-28-15-16-29-31(20-28)41-33(36)30(21-35)32(29)24-11-7-14-27(18-24)39-22-23-9-5-4-6-10-23/h4-16,18-20,32H,2-3,17,22,36H2,1H3. The summed E-state index contributed by atoms with van der Waals surface area (Å²) in [6.07, 6.45) is 1.95. The molecule has 0 saturated carbocycles. The Kier molecular flexibility index (Phi) is 8.51. The van der Waals surface area contributed by atoms with Crippen LogP contribution in [0.2, 0.25) is 0 Å². The van der Waals surface area contributed by atoms with Crippen LogP contribution in [0.15, 0.2) is 109 Å². The van der Waals surface area contributed by atoms with E-state index in [9.17, 15) is 10.1 Å². The molecular weight excluding hydrogens is 516 g/mol. The molecular formula is C34H30N2O5. The highest BCUT2D eigenvalue weighted by atomic mass is 16.5. The van der Waals surface area contributed by atoms with Gasteiger partial charge in [-0.15, -0.1) is 0 Å². The highest BCUT2D eigenvalue weighted by Gasteiger charge is 2.31. The second-order valence-electron chi connectivity index (χ2n) is 9.59. The van der Waals surface area contributed by atoms with E-state index < -0.39 is 11.9 Å². The Bertz CT molecular complexity index is 1610. The number of hydrogen-bond donors (Lipinski definition) is 1. The topological polar surface area (TPSA) is 104 Å². The third-order valence-corrected chi connectivity index (χ3v) is 6.68. The van der Waals surface area contributed by atoms with E-state index >= 15 is 0 Å². The smallest absolute Gasteiger partial charge is 0.343 e. The Balaban J connectivity index is 1.37. The highest BCUT2D eigenvalue weighted by molar-refractivity contribution is 5.91. The largest absolute Gasteiger partial charge is 0.494 e. The van der Waals surface area contributed by atoms with E-state index in [1.807, 2.05) is 60.7 Å². The molecule has 2 N–H and O–H groups in total. The number of fused-ring (bicyclic) bond motifs is 1. The number of carbonyl (C=O) groups is 1. The lowest BCUT2D eigenvalue weighted by Gasteiger charge is -2.27. The highest BCUT2D eigenvalue weighted by Crippen LogP contribution is 2.44. The van der Waals surface area contributed by atoms with Crippen LogP contribution in [-0.4, -0.2) is 12.6 Å². The number of ether oxygens (including phenoxy) is 4. The zero-order chi connectivity index (χ0) is 28.6. The van der Waals surface area contributed by atoms with Crippen LogP contribution in [0.4, 0.5) is 0 Å². The number of rotatable bonds is 10. The molecule has 1 aliphatic rings. The summed E-state index contributed by atoms with van der Waals surface area (Å²) in [5.74, 6) is 0.972. The fourth-order valence-corrected chi connectivity index (χ4v) is 4.58. The first-order chi connectivity index (χ1) is 20.1. The number of hydrogen-bond acceptors (Lipinski definition) is 7. The van der Waals surface area contributed by atoms with Gasteiger partial charge in [-0.2, -0.15) is 5.26 Å². The lowest BCUT2D eigenvalue weighted by Crippen LogP contribution is -2.21. The molecule has 206 valence electrons. The molecule has 1 atom stereocenters. The molecule has 4 aromatic rings. The van der Waals surface area contributed by atoms with Gasteiger partial charge in [0.05, 0.1) is 18.1 Å². The van der Waals surface area contributed by atoms with Crippen molar-refractivity contribution in [1.82, 2.24) is 0 Å². The minimum Gasteiger partial charge on any atom is -0.494 e. The van der Waals surface area contributed by atoms with Gasteiger partial charge < -0.3 is 24.7 Å². The van der Waals surface area contributed by atoms with E-state index in [1.54, 1.807) is 36.4 Å². The van der Waals surface area contributed by atoms with Crippen LogP contribution in [0.1, 0.15) is 52.7 Å². The average molecular weight is 547 g/mol. The van der Waals surface area contributed by atoms with Crippen molar-refractivity contribution in [3.8, 4) is 29.1 Å². The number of esters is 1. The van der Waals surface area contributed by atoms with Gasteiger partial charge in [-0.1, -0.05) is 67.9 Å². The maximum Gasteiger partial charge on any atom is 0.343 e. The second kappa shape index (κ2) is 12.8. The van der Waals surface area contributed by atoms with E-state index in [0.29, 0.717) is 41.6 Å². The van der Waals surface area contributed by atoms with Crippen LogP contribution >= 0.6 is 0 Å². The fourth-order valence-electron chi connectivity index (χ4n) is 4.58. The van der Waals surface area contributed by atoms with Crippen LogP contribution in [0, 0.1) is 11.3 Å². The van der Waals surface area contributed by atoms with Gasteiger partial charge >= 0.3 is 5.97 Å². The molecule has 4 aromatic carbocycles. The molecule has 0 bridgehead atoms. The minimum absolute atomic E-state index is 0.000938. The summed E-state index contributed by atoms with van der Waals surface area (Å²) >= 11 is 0. The van der Waals surface area contributed by atoms with E-state index in [4.69, 9.17) is 24.7 Å². The molecule has 0 saturated heterocycles. The first-order valence-electron chi connectivity index (χ1n) is 13.5. The molecule has 0 amide bonds. The van der Waals surface area contributed by atoms with Crippen LogP contribution in [0.3, 0.4) is 0 Å². The third-order valence-electron chi connectivity index (χ3n) is 6.68. The molecule has 5 rings (SSSR count). The Hall–Kier alpha value is -5.22. The van der Waals surface area contributed by atoms with Gasteiger partial charge in [0.25, 0.3) is 0 Å². The predicted molar refractivity (Wildman–Crippen MR) is 155 cm³/mol. The monoisotopic (exact) mass is 546 g/mol. The summed E-state index contributed by atoms with van der Waals surface area (Å²) in [6, 6.07) is 31.6. The summed E-state index contributed by atoms with van der Waals surface area (Å²) in [5.41, 5.74) is 9.46. The predicted octanol–water partition coefficient (Wildman–Crippen LogP) is 6.88. The van der Waals surface area contributed by atoms with Gasteiger partial charge in [0.15, 0.2) is 0 Å². The molecule has 41 heavy (non-hydrogen) atoms. The van der Waals surface area contributed by atoms with E-state index in [1.165, 1.54) is 0 Å². The third kappa shape index (κ3) is 6.51. The molecule has 7 heteroatoms. The zero-order valence-electron chi connectivity index (χ0n) is 22.7. The summed E-state index contributed by atoms with van der Waals surface area (Å²) < 4.78 is 23.2. The molecule has 7 nitrogen and oxygen atoms in total. The zero-order valence-corrected chi connectivity index (χ0v) is 22.7. The molecule has 1 aliphatic heterocycles. The molecule has 1 heterocycles. The lowest BCUT2D eigenvalue weighted by molar-refractivity contribution is 0.0734. The number of unbranched alkanes of at least 4 members (excludes halogenated alkanes) is 1. The van der Waals surface area contributed by atoms with Gasteiger partial charge in [0.1, 0.15) is 41.2 Å². The number of allylic oxidation sites excluding steroid dienone is 1. The van der Waals surface area contributed by atoms with E-state index in [-0.39, 0.29) is 11.6 Å². The van der Waals surface area contributed by atoms with Crippen molar-refractivity contribution >= 4 is 5.97 Å². The molecule has 0 aromatic heterocycles. The van der Waals surface area contributed by atoms with Crippen LogP contribution in [-0.2, 0) is 6.61 Å². The maximum atomic E-state index is 12.9. The van der Waals surface area contributed by atoms with Crippen LogP contribution in [0.25, 0.3) is 0 Å². The van der Waals surface area contributed by atoms with Crippen molar-refractivity contribution < 1.29 is 23.7 Å². The van der Waals surface area contributed by atoms with E-state index in [0.717, 1.165) is 29.5 Å². The quantitative estimate of drug-likeness (QED) is 0.131.